The SMILES string of the molecule is CC(C(=O)Nc1ccc(Cl)cc1F)N1CCN(CCc2ccccc2)CC1. The van der Waals surface area contributed by atoms with Crippen molar-refractivity contribution in [3.63, 3.8) is 0 Å². The fraction of sp³-hybridized carbons (Fsp3) is 0.381. The molecule has 0 aromatic heterocycles. The molecule has 1 fully saturated rings. The van der Waals surface area contributed by atoms with Crippen LogP contribution in [0.3, 0.4) is 0 Å². The fourth-order valence-electron chi connectivity index (χ4n) is 3.30. The van der Waals surface area contributed by atoms with E-state index < -0.39 is 5.82 Å². The monoisotopic (exact) mass is 389 g/mol. The van der Waals surface area contributed by atoms with Crippen LogP contribution < -0.4 is 5.32 Å². The fourth-order valence-corrected chi connectivity index (χ4v) is 3.46. The highest BCUT2D eigenvalue weighted by atomic mass is 35.5. The van der Waals surface area contributed by atoms with Crippen LogP contribution >= 0.6 is 11.6 Å². The van der Waals surface area contributed by atoms with Gasteiger partial charge < -0.3 is 10.2 Å². The normalized spacial score (nSPS) is 16.9. The number of nitrogens with one attached hydrogen (secondary N) is 1. The Labute approximate surface area is 164 Å². The predicted octanol–water partition coefficient (Wildman–Crippen LogP) is 3.67. The number of piperazine rings is 1. The first-order valence-electron chi connectivity index (χ1n) is 9.29. The summed E-state index contributed by atoms with van der Waals surface area (Å²) in [4.78, 5) is 17.0. The van der Waals surface area contributed by atoms with Gasteiger partial charge in [-0.25, -0.2) is 4.39 Å². The van der Waals surface area contributed by atoms with Gasteiger partial charge in [0.1, 0.15) is 5.82 Å². The van der Waals surface area contributed by atoms with Crippen LogP contribution in [0.25, 0.3) is 0 Å². The zero-order chi connectivity index (χ0) is 19.2. The molecular formula is C21H25ClFN3O. The lowest BCUT2D eigenvalue weighted by Gasteiger charge is -2.37. The van der Waals surface area contributed by atoms with Crippen molar-refractivity contribution in [2.24, 2.45) is 0 Å². The molecule has 0 aliphatic carbocycles. The van der Waals surface area contributed by atoms with Gasteiger partial charge in [0.15, 0.2) is 0 Å². The van der Waals surface area contributed by atoms with E-state index in [1.54, 1.807) is 6.07 Å². The molecule has 1 aliphatic heterocycles. The summed E-state index contributed by atoms with van der Waals surface area (Å²) < 4.78 is 13.9. The molecule has 1 heterocycles. The minimum absolute atomic E-state index is 0.165. The first-order valence-corrected chi connectivity index (χ1v) is 9.67. The lowest BCUT2D eigenvalue weighted by atomic mass is 10.1. The molecule has 1 N–H and O–H groups in total. The number of amides is 1. The molecule has 0 spiro atoms. The van der Waals surface area contributed by atoms with Crippen LogP contribution in [0.1, 0.15) is 12.5 Å². The molecule has 27 heavy (non-hydrogen) atoms. The minimum Gasteiger partial charge on any atom is -0.322 e. The van der Waals surface area contributed by atoms with Crippen LogP contribution in [-0.2, 0) is 11.2 Å². The van der Waals surface area contributed by atoms with E-state index in [1.807, 2.05) is 13.0 Å². The molecule has 0 bridgehead atoms. The summed E-state index contributed by atoms with van der Waals surface area (Å²) in [5.41, 5.74) is 1.51. The van der Waals surface area contributed by atoms with Gasteiger partial charge in [0.05, 0.1) is 11.7 Å². The van der Waals surface area contributed by atoms with Gasteiger partial charge in [0.2, 0.25) is 5.91 Å². The first kappa shape index (κ1) is 19.8. The Kier molecular flexibility index (Phi) is 6.83. The van der Waals surface area contributed by atoms with Gasteiger partial charge in [0, 0.05) is 37.7 Å². The zero-order valence-electron chi connectivity index (χ0n) is 15.5. The third kappa shape index (κ3) is 5.51. The molecular weight excluding hydrogens is 365 g/mol. The van der Waals surface area contributed by atoms with Gasteiger partial charge in [0.25, 0.3) is 0 Å². The molecule has 0 radical (unpaired) electrons. The largest absolute Gasteiger partial charge is 0.322 e. The Morgan fingerprint density at radius 2 is 1.85 bits per heavy atom. The molecule has 1 atom stereocenters. The Morgan fingerprint density at radius 3 is 2.52 bits per heavy atom. The van der Waals surface area contributed by atoms with Gasteiger partial charge in [-0.15, -0.1) is 0 Å². The van der Waals surface area contributed by atoms with Crippen molar-refractivity contribution in [1.29, 1.82) is 0 Å². The van der Waals surface area contributed by atoms with Gasteiger partial charge in [-0.3, -0.25) is 9.69 Å². The maximum atomic E-state index is 13.9. The Hall–Kier alpha value is -1.95. The van der Waals surface area contributed by atoms with Gasteiger partial charge in [-0.1, -0.05) is 41.9 Å². The van der Waals surface area contributed by atoms with Crippen molar-refractivity contribution in [3.8, 4) is 0 Å². The van der Waals surface area contributed by atoms with Gasteiger partial charge >= 0.3 is 0 Å². The molecule has 1 aliphatic rings. The standard InChI is InChI=1S/C21H25ClFN3O/c1-16(21(27)24-20-8-7-18(22)15-19(20)23)26-13-11-25(12-14-26)10-9-17-5-3-2-4-6-17/h2-8,15-16H,9-14H2,1H3,(H,24,27). The van der Waals surface area contributed by atoms with E-state index in [1.165, 1.54) is 17.7 Å². The average molecular weight is 390 g/mol. The van der Waals surface area contributed by atoms with Gasteiger partial charge in [-0.2, -0.15) is 0 Å². The predicted molar refractivity (Wildman–Crippen MR) is 108 cm³/mol. The van der Waals surface area contributed by atoms with E-state index >= 15 is 0 Å². The van der Waals surface area contributed by atoms with E-state index in [4.69, 9.17) is 11.6 Å². The number of rotatable bonds is 6. The molecule has 1 saturated heterocycles. The summed E-state index contributed by atoms with van der Waals surface area (Å²) in [5.74, 6) is -0.720. The van der Waals surface area contributed by atoms with Crippen molar-refractivity contribution in [2.45, 2.75) is 19.4 Å². The minimum atomic E-state index is -0.520. The summed E-state index contributed by atoms with van der Waals surface area (Å²) >= 11 is 5.75. The Morgan fingerprint density at radius 1 is 1.15 bits per heavy atom. The number of anilines is 1. The molecule has 2 aromatic carbocycles. The summed E-state index contributed by atoms with van der Waals surface area (Å²) in [6, 6.07) is 14.4. The molecule has 3 rings (SSSR count). The average Bonchev–Trinajstić information content (AvgIpc) is 2.69. The van der Waals surface area contributed by atoms with Crippen LogP contribution in [0.15, 0.2) is 48.5 Å². The second kappa shape index (κ2) is 9.31. The third-order valence-corrected chi connectivity index (χ3v) is 5.32. The quantitative estimate of drug-likeness (QED) is 0.818. The molecule has 1 unspecified atom stereocenters. The second-order valence-electron chi connectivity index (χ2n) is 6.90. The summed E-state index contributed by atoms with van der Waals surface area (Å²) in [6.07, 6.45) is 1.03. The number of nitrogens with zero attached hydrogens (tertiary/aromatic N) is 2. The van der Waals surface area contributed by atoms with Crippen LogP contribution in [0.5, 0.6) is 0 Å². The smallest absolute Gasteiger partial charge is 0.241 e. The summed E-state index contributed by atoms with van der Waals surface area (Å²) in [6.45, 7) is 6.40. The number of carbonyl (C=O) groups is 1. The number of carbonyl (C=O) groups excluding carboxylic acids is 1. The number of benzene rings is 2. The molecule has 6 heteroatoms. The molecule has 144 valence electrons. The summed E-state index contributed by atoms with van der Waals surface area (Å²) in [7, 11) is 0. The first-order chi connectivity index (χ1) is 13.0. The highest BCUT2D eigenvalue weighted by Gasteiger charge is 2.26. The van der Waals surface area contributed by atoms with E-state index in [0.29, 0.717) is 5.02 Å². The van der Waals surface area contributed by atoms with E-state index in [-0.39, 0.29) is 17.6 Å². The highest BCUT2D eigenvalue weighted by Crippen LogP contribution is 2.19. The number of halogens is 2. The zero-order valence-corrected chi connectivity index (χ0v) is 16.3. The summed E-state index contributed by atoms with van der Waals surface area (Å²) in [5, 5.41) is 2.97. The molecule has 0 saturated carbocycles. The van der Waals surface area contributed by atoms with Crippen LogP contribution in [0.4, 0.5) is 10.1 Å². The van der Waals surface area contributed by atoms with Crippen molar-refractivity contribution in [2.75, 3.05) is 38.0 Å². The third-order valence-electron chi connectivity index (χ3n) is 5.08. The van der Waals surface area contributed by atoms with Crippen molar-refractivity contribution in [3.05, 3.63) is 64.9 Å². The lowest BCUT2D eigenvalue weighted by Crippen LogP contribution is -2.53. The highest BCUT2D eigenvalue weighted by molar-refractivity contribution is 6.30. The molecule has 4 nitrogen and oxygen atoms in total. The van der Waals surface area contributed by atoms with Crippen molar-refractivity contribution >= 4 is 23.2 Å². The van der Waals surface area contributed by atoms with Crippen LogP contribution in [-0.4, -0.2) is 54.5 Å². The van der Waals surface area contributed by atoms with E-state index in [9.17, 15) is 9.18 Å². The van der Waals surface area contributed by atoms with Crippen LogP contribution in [0.2, 0.25) is 5.02 Å². The number of hydrogen-bond acceptors (Lipinski definition) is 3. The topological polar surface area (TPSA) is 35.6 Å². The maximum absolute atomic E-state index is 13.9. The Bertz CT molecular complexity index is 763. The Balaban J connectivity index is 1.46. The lowest BCUT2D eigenvalue weighted by molar-refractivity contribution is -0.121. The van der Waals surface area contributed by atoms with Gasteiger partial charge in [-0.05, 0) is 37.1 Å². The maximum Gasteiger partial charge on any atom is 0.241 e. The second-order valence-corrected chi connectivity index (χ2v) is 7.34. The number of hydrogen-bond donors (Lipinski definition) is 1. The van der Waals surface area contributed by atoms with Crippen molar-refractivity contribution in [1.82, 2.24) is 9.80 Å². The van der Waals surface area contributed by atoms with Crippen LogP contribution in [0, 0.1) is 5.82 Å². The molecule has 1 amide bonds. The molecule has 2 aromatic rings. The van der Waals surface area contributed by atoms with E-state index in [0.717, 1.165) is 39.1 Å². The van der Waals surface area contributed by atoms with E-state index in [2.05, 4.69) is 39.4 Å². The van der Waals surface area contributed by atoms with Crippen molar-refractivity contribution < 1.29 is 9.18 Å².